The number of thioether (sulfide) groups is 1. The molecule has 2 atom stereocenters. The van der Waals surface area contributed by atoms with Gasteiger partial charge in [-0.2, -0.15) is 0 Å². The van der Waals surface area contributed by atoms with Crippen molar-refractivity contribution >= 4 is 40.9 Å². The zero-order valence-electron chi connectivity index (χ0n) is 17.5. The molecule has 2 amide bonds. The van der Waals surface area contributed by atoms with Crippen LogP contribution in [0.15, 0.2) is 47.4 Å². The summed E-state index contributed by atoms with van der Waals surface area (Å²) < 4.78 is 13.5. The molecule has 2 aliphatic heterocycles. The first-order valence-corrected chi connectivity index (χ1v) is 12.0. The first-order valence-electron chi connectivity index (χ1n) is 10.8. The molecule has 4 nitrogen and oxygen atoms in total. The largest absolute Gasteiger partial charge is 0.342 e. The van der Waals surface area contributed by atoms with Crippen molar-refractivity contribution in [3.8, 4) is 0 Å². The van der Waals surface area contributed by atoms with Crippen molar-refractivity contribution in [1.29, 1.82) is 0 Å². The number of likely N-dealkylation sites (tertiary alicyclic amines) is 1. The minimum absolute atomic E-state index is 0.0481. The molecule has 0 aromatic heterocycles. The first-order chi connectivity index (χ1) is 15.0. The fraction of sp³-hybridized carbons (Fsp3) is 0.417. The van der Waals surface area contributed by atoms with Gasteiger partial charge in [0.15, 0.2) is 0 Å². The fourth-order valence-electron chi connectivity index (χ4n) is 4.25. The maximum Gasteiger partial charge on any atom is 0.241 e. The lowest BCUT2D eigenvalue weighted by Gasteiger charge is -2.37. The van der Waals surface area contributed by atoms with Gasteiger partial charge in [0.1, 0.15) is 11.1 Å². The highest BCUT2D eigenvalue weighted by molar-refractivity contribution is 8.01. The summed E-state index contributed by atoms with van der Waals surface area (Å²) in [6, 6.07) is 11.9. The van der Waals surface area contributed by atoms with E-state index < -0.39 is 17.0 Å². The lowest BCUT2D eigenvalue weighted by molar-refractivity contribution is -0.137. The Kier molecular flexibility index (Phi) is 6.87. The van der Waals surface area contributed by atoms with Crippen molar-refractivity contribution in [2.24, 2.45) is 5.92 Å². The van der Waals surface area contributed by atoms with E-state index >= 15 is 0 Å². The quantitative estimate of drug-likeness (QED) is 0.602. The van der Waals surface area contributed by atoms with Gasteiger partial charge in [-0.15, -0.1) is 11.8 Å². The van der Waals surface area contributed by atoms with E-state index in [2.05, 4.69) is 0 Å². The lowest BCUT2D eigenvalue weighted by Crippen LogP contribution is -2.48. The van der Waals surface area contributed by atoms with Crippen LogP contribution < -0.4 is 4.90 Å². The van der Waals surface area contributed by atoms with E-state index in [1.54, 1.807) is 11.0 Å². The van der Waals surface area contributed by atoms with Crippen LogP contribution >= 0.6 is 23.4 Å². The number of para-hydroxylation sites is 1. The summed E-state index contributed by atoms with van der Waals surface area (Å²) >= 11 is 7.71. The minimum Gasteiger partial charge on any atom is -0.342 e. The third kappa shape index (κ3) is 4.75. The van der Waals surface area contributed by atoms with Gasteiger partial charge in [-0.3, -0.25) is 9.59 Å². The van der Waals surface area contributed by atoms with Crippen LogP contribution in [0.1, 0.15) is 38.2 Å². The Balaban J connectivity index is 1.61. The van der Waals surface area contributed by atoms with Gasteiger partial charge in [0.05, 0.1) is 18.2 Å². The topological polar surface area (TPSA) is 40.6 Å². The average Bonchev–Trinajstić information content (AvgIpc) is 3.05. The van der Waals surface area contributed by atoms with E-state index in [0.29, 0.717) is 5.56 Å². The summed E-state index contributed by atoms with van der Waals surface area (Å²) in [4.78, 5) is 31.4. The van der Waals surface area contributed by atoms with Crippen LogP contribution in [0.3, 0.4) is 0 Å². The zero-order chi connectivity index (χ0) is 22.0. The molecule has 0 saturated carbocycles. The Morgan fingerprint density at radius 2 is 1.87 bits per heavy atom. The van der Waals surface area contributed by atoms with E-state index in [1.165, 1.54) is 23.9 Å². The van der Waals surface area contributed by atoms with Crippen LogP contribution in [-0.4, -0.2) is 35.1 Å². The van der Waals surface area contributed by atoms with Gasteiger partial charge < -0.3 is 9.80 Å². The third-order valence-corrected chi connectivity index (χ3v) is 7.84. The molecule has 1 saturated heterocycles. The summed E-state index contributed by atoms with van der Waals surface area (Å²) in [6.07, 6.45) is 4.33. The van der Waals surface area contributed by atoms with Crippen LogP contribution in [-0.2, 0) is 16.1 Å². The summed E-state index contributed by atoms with van der Waals surface area (Å²) in [6.45, 7) is 3.62. The van der Waals surface area contributed by atoms with Crippen molar-refractivity contribution < 1.29 is 14.0 Å². The van der Waals surface area contributed by atoms with Crippen molar-refractivity contribution in [3.05, 3.63) is 58.9 Å². The Labute approximate surface area is 191 Å². The number of benzene rings is 2. The molecule has 4 rings (SSSR count). The molecule has 0 spiro atoms. The molecule has 2 heterocycles. The van der Waals surface area contributed by atoms with Crippen molar-refractivity contribution in [1.82, 2.24) is 4.90 Å². The van der Waals surface area contributed by atoms with Crippen LogP contribution in [0.25, 0.3) is 0 Å². The normalized spacial score (nSPS) is 20.2. The van der Waals surface area contributed by atoms with Crippen molar-refractivity contribution in [2.75, 3.05) is 18.0 Å². The van der Waals surface area contributed by atoms with Gasteiger partial charge in [-0.05, 0) is 42.7 Å². The molecule has 0 N–H and O–H groups in total. The highest BCUT2D eigenvalue weighted by Crippen LogP contribution is 2.43. The van der Waals surface area contributed by atoms with Crippen LogP contribution in [0.5, 0.6) is 0 Å². The summed E-state index contributed by atoms with van der Waals surface area (Å²) in [7, 11) is 0. The number of halogens is 2. The molecule has 2 aliphatic rings. The molecule has 2 aromatic carbocycles. The SMILES string of the molecule is CC(C(=O)N1CCCCCC1)C1Sc2ccccc2N(Cc2ccc(F)cc2Cl)C1=O. The van der Waals surface area contributed by atoms with Gasteiger partial charge in [0, 0.05) is 23.0 Å². The smallest absolute Gasteiger partial charge is 0.241 e. The molecule has 0 bridgehead atoms. The number of carbonyl (C=O) groups excluding carboxylic acids is 2. The second kappa shape index (κ2) is 9.61. The third-order valence-electron chi connectivity index (χ3n) is 6.02. The molecule has 0 aliphatic carbocycles. The standard InChI is InChI=1S/C24H26ClFN2O2S/c1-16(23(29)27-12-6-2-3-7-13-27)22-24(30)28(20-8-4-5-9-21(20)31-22)15-17-10-11-18(26)14-19(17)25/h4-5,8-11,14,16,22H,2-3,6-7,12-13,15H2,1H3. The van der Waals surface area contributed by atoms with Gasteiger partial charge in [0.25, 0.3) is 0 Å². The van der Waals surface area contributed by atoms with E-state index in [0.717, 1.165) is 49.4 Å². The first kappa shape index (κ1) is 22.2. The Bertz CT molecular complexity index is 978. The van der Waals surface area contributed by atoms with Gasteiger partial charge in [0.2, 0.25) is 11.8 Å². The lowest BCUT2D eigenvalue weighted by atomic mass is 10.0. The zero-order valence-corrected chi connectivity index (χ0v) is 19.1. The number of anilines is 1. The van der Waals surface area contributed by atoms with E-state index in [4.69, 9.17) is 11.6 Å². The van der Waals surface area contributed by atoms with Crippen LogP contribution in [0.4, 0.5) is 10.1 Å². The monoisotopic (exact) mass is 460 g/mol. The molecule has 2 unspecified atom stereocenters. The molecule has 7 heteroatoms. The van der Waals surface area contributed by atoms with Gasteiger partial charge in [-0.25, -0.2) is 4.39 Å². The van der Waals surface area contributed by atoms with Crippen molar-refractivity contribution in [3.63, 3.8) is 0 Å². The number of nitrogens with zero attached hydrogens (tertiary/aromatic N) is 2. The molecule has 1 fully saturated rings. The molecule has 31 heavy (non-hydrogen) atoms. The summed E-state index contributed by atoms with van der Waals surface area (Å²) in [5, 5.41) is -0.223. The van der Waals surface area contributed by atoms with E-state index in [-0.39, 0.29) is 23.4 Å². The number of hydrogen-bond acceptors (Lipinski definition) is 3. The molecular weight excluding hydrogens is 435 g/mol. The van der Waals surface area contributed by atoms with Crippen molar-refractivity contribution in [2.45, 2.75) is 49.3 Å². The molecule has 164 valence electrons. The maximum atomic E-state index is 13.6. The fourth-order valence-corrected chi connectivity index (χ4v) is 5.75. The average molecular weight is 461 g/mol. The van der Waals surface area contributed by atoms with E-state index in [9.17, 15) is 14.0 Å². The molecule has 0 radical (unpaired) electrons. The van der Waals surface area contributed by atoms with Gasteiger partial charge >= 0.3 is 0 Å². The number of hydrogen-bond donors (Lipinski definition) is 0. The predicted octanol–water partition coefficient (Wildman–Crippen LogP) is 5.53. The van der Waals surface area contributed by atoms with Crippen LogP contribution in [0.2, 0.25) is 5.02 Å². The Morgan fingerprint density at radius 1 is 1.16 bits per heavy atom. The highest BCUT2D eigenvalue weighted by atomic mass is 35.5. The molecule has 2 aromatic rings. The summed E-state index contributed by atoms with van der Waals surface area (Å²) in [5.41, 5.74) is 1.46. The molecular formula is C24H26ClFN2O2S. The number of carbonyl (C=O) groups is 2. The summed E-state index contributed by atoms with van der Waals surface area (Å²) in [5.74, 6) is -0.911. The predicted molar refractivity (Wildman–Crippen MR) is 123 cm³/mol. The number of fused-ring (bicyclic) bond motifs is 1. The minimum atomic E-state index is -0.509. The van der Waals surface area contributed by atoms with Gasteiger partial charge in [-0.1, -0.05) is 49.6 Å². The highest BCUT2D eigenvalue weighted by Gasteiger charge is 2.40. The second-order valence-corrected chi connectivity index (χ2v) is 9.79. The number of rotatable bonds is 4. The Morgan fingerprint density at radius 3 is 2.58 bits per heavy atom. The van der Waals surface area contributed by atoms with Crippen LogP contribution in [0, 0.1) is 11.7 Å². The van der Waals surface area contributed by atoms with E-state index in [1.807, 2.05) is 36.1 Å². The maximum absolute atomic E-state index is 13.6. The Hall–Kier alpha value is -2.05. The number of amides is 2. The second-order valence-electron chi connectivity index (χ2n) is 8.19.